The maximum Gasteiger partial charge on any atom is 0.261 e. The van der Waals surface area contributed by atoms with Crippen LogP contribution in [0.15, 0.2) is 23.1 Å². The van der Waals surface area contributed by atoms with Crippen LogP contribution in [0.3, 0.4) is 0 Å². The average Bonchev–Trinajstić information content (AvgIpc) is 2.72. The van der Waals surface area contributed by atoms with Crippen LogP contribution < -0.4 is 4.72 Å². The zero-order valence-electron chi connectivity index (χ0n) is 13.0. The molecular weight excluding hydrogens is 316 g/mol. The molecule has 7 heteroatoms. The number of nitrogens with one attached hydrogen (secondary N) is 1. The van der Waals surface area contributed by atoms with Crippen LogP contribution in [0.25, 0.3) is 0 Å². The molecule has 2 amide bonds. The lowest BCUT2D eigenvalue weighted by atomic mass is 10.1. The summed E-state index contributed by atoms with van der Waals surface area (Å²) in [5.74, 6) is -0.859. The maximum absolute atomic E-state index is 12.6. The average molecular weight is 336 g/mol. The smallest absolute Gasteiger partial charge is 0.261 e. The van der Waals surface area contributed by atoms with Crippen molar-refractivity contribution < 1.29 is 18.0 Å². The Balaban J connectivity index is 1.87. The number of imide groups is 1. The molecule has 3 rings (SSSR count). The van der Waals surface area contributed by atoms with Gasteiger partial charge in [-0.05, 0) is 31.0 Å². The van der Waals surface area contributed by atoms with Crippen molar-refractivity contribution in [2.75, 3.05) is 7.05 Å². The molecule has 0 saturated heterocycles. The number of hydrogen-bond acceptors (Lipinski definition) is 4. The fourth-order valence-electron chi connectivity index (χ4n) is 3.19. The number of sulfonamides is 1. The predicted molar refractivity (Wildman–Crippen MR) is 84.7 cm³/mol. The van der Waals surface area contributed by atoms with Crippen molar-refractivity contribution in [3.05, 3.63) is 29.3 Å². The molecule has 1 aliphatic heterocycles. The lowest BCUT2D eigenvalue weighted by Crippen LogP contribution is -2.34. The highest BCUT2D eigenvalue weighted by Crippen LogP contribution is 2.25. The minimum absolute atomic E-state index is 0.0388. The maximum atomic E-state index is 12.6. The third-order valence-corrected chi connectivity index (χ3v) is 6.07. The van der Waals surface area contributed by atoms with Gasteiger partial charge in [0.1, 0.15) is 0 Å². The first-order valence-corrected chi connectivity index (χ1v) is 9.37. The molecule has 1 N–H and O–H groups in total. The predicted octanol–water partition coefficient (Wildman–Crippen LogP) is 1.91. The summed E-state index contributed by atoms with van der Waals surface area (Å²) in [6, 6.07) is 4.05. The molecule has 1 saturated carbocycles. The minimum atomic E-state index is -3.69. The largest absolute Gasteiger partial charge is 0.277 e. The topological polar surface area (TPSA) is 83.6 Å². The Morgan fingerprint density at radius 1 is 1.00 bits per heavy atom. The second-order valence-electron chi connectivity index (χ2n) is 6.19. The standard InChI is InChI=1S/C16H20N2O4S/c1-18-15(19)13-9-8-12(10-14(13)16(18)20)23(21,22)17-11-6-4-2-3-5-7-11/h8-11,17H,2-7H2,1H3. The Kier molecular flexibility index (Phi) is 4.25. The second kappa shape index (κ2) is 6.05. The summed E-state index contributed by atoms with van der Waals surface area (Å²) in [4.78, 5) is 24.9. The van der Waals surface area contributed by atoms with E-state index in [1.807, 2.05) is 0 Å². The van der Waals surface area contributed by atoms with Gasteiger partial charge in [-0.15, -0.1) is 0 Å². The fourth-order valence-corrected chi connectivity index (χ4v) is 4.52. The van der Waals surface area contributed by atoms with E-state index in [0.717, 1.165) is 43.4 Å². The molecular formula is C16H20N2O4S. The van der Waals surface area contributed by atoms with Gasteiger partial charge >= 0.3 is 0 Å². The molecule has 2 aliphatic rings. The molecule has 0 radical (unpaired) electrons. The van der Waals surface area contributed by atoms with Crippen LogP contribution in [-0.4, -0.2) is 38.2 Å². The summed E-state index contributed by atoms with van der Waals surface area (Å²) in [6.45, 7) is 0. The number of hydrogen-bond donors (Lipinski definition) is 1. The van der Waals surface area contributed by atoms with E-state index in [2.05, 4.69) is 4.72 Å². The Labute approximate surface area is 135 Å². The number of benzene rings is 1. The highest BCUT2D eigenvalue weighted by Gasteiger charge is 2.34. The van der Waals surface area contributed by atoms with Crippen LogP contribution in [0.5, 0.6) is 0 Å². The second-order valence-corrected chi connectivity index (χ2v) is 7.90. The molecule has 1 fully saturated rings. The van der Waals surface area contributed by atoms with Gasteiger partial charge in [-0.25, -0.2) is 13.1 Å². The van der Waals surface area contributed by atoms with Crippen LogP contribution in [0.4, 0.5) is 0 Å². The van der Waals surface area contributed by atoms with E-state index in [0.29, 0.717) is 0 Å². The number of carbonyl (C=O) groups is 2. The van der Waals surface area contributed by atoms with E-state index in [4.69, 9.17) is 0 Å². The minimum Gasteiger partial charge on any atom is -0.277 e. The Morgan fingerprint density at radius 2 is 1.61 bits per heavy atom. The van der Waals surface area contributed by atoms with E-state index in [1.165, 1.54) is 25.2 Å². The van der Waals surface area contributed by atoms with Gasteiger partial charge in [0.2, 0.25) is 10.0 Å². The first-order valence-electron chi connectivity index (χ1n) is 7.89. The molecule has 0 aromatic heterocycles. The summed E-state index contributed by atoms with van der Waals surface area (Å²) in [7, 11) is -2.30. The zero-order chi connectivity index (χ0) is 16.6. The van der Waals surface area contributed by atoms with Crippen molar-refractivity contribution in [2.45, 2.75) is 49.5 Å². The molecule has 0 bridgehead atoms. The first kappa shape index (κ1) is 16.1. The van der Waals surface area contributed by atoms with Crippen molar-refractivity contribution in [2.24, 2.45) is 0 Å². The Hall–Kier alpha value is -1.73. The summed E-state index contributed by atoms with van der Waals surface area (Å²) in [6.07, 6.45) is 6.00. The zero-order valence-corrected chi connectivity index (χ0v) is 13.9. The highest BCUT2D eigenvalue weighted by atomic mass is 32.2. The van der Waals surface area contributed by atoms with Crippen LogP contribution in [0.2, 0.25) is 0 Å². The molecule has 124 valence electrons. The molecule has 1 aliphatic carbocycles. The molecule has 6 nitrogen and oxygen atoms in total. The Morgan fingerprint density at radius 3 is 2.26 bits per heavy atom. The third-order valence-electron chi connectivity index (χ3n) is 4.55. The van der Waals surface area contributed by atoms with E-state index in [9.17, 15) is 18.0 Å². The molecule has 1 heterocycles. The summed E-state index contributed by atoms with van der Waals surface area (Å²) < 4.78 is 27.9. The van der Waals surface area contributed by atoms with Gasteiger partial charge < -0.3 is 0 Å². The number of rotatable bonds is 3. The highest BCUT2D eigenvalue weighted by molar-refractivity contribution is 7.89. The van der Waals surface area contributed by atoms with Crippen molar-refractivity contribution in [3.63, 3.8) is 0 Å². The van der Waals surface area contributed by atoms with Crippen LogP contribution in [0, 0.1) is 0 Å². The normalized spacial score (nSPS) is 19.8. The molecule has 23 heavy (non-hydrogen) atoms. The summed E-state index contributed by atoms with van der Waals surface area (Å²) >= 11 is 0. The summed E-state index contributed by atoms with van der Waals surface area (Å²) in [5.41, 5.74) is 0.409. The van der Waals surface area contributed by atoms with Crippen LogP contribution in [-0.2, 0) is 10.0 Å². The number of carbonyl (C=O) groups excluding carboxylic acids is 2. The first-order chi connectivity index (χ1) is 10.9. The van der Waals surface area contributed by atoms with E-state index < -0.39 is 21.8 Å². The van der Waals surface area contributed by atoms with Gasteiger partial charge in [0.25, 0.3) is 11.8 Å². The van der Waals surface area contributed by atoms with Crippen molar-refractivity contribution in [1.29, 1.82) is 0 Å². The van der Waals surface area contributed by atoms with Gasteiger partial charge in [0, 0.05) is 13.1 Å². The molecule has 0 spiro atoms. The lowest BCUT2D eigenvalue weighted by molar-refractivity contribution is 0.0693. The van der Waals surface area contributed by atoms with Crippen molar-refractivity contribution >= 4 is 21.8 Å². The van der Waals surface area contributed by atoms with Gasteiger partial charge in [-0.1, -0.05) is 25.7 Å². The number of nitrogens with zero attached hydrogens (tertiary/aromatic N) is 1. The lowest BCUT2D eigenvalue weighted by Gasteiger charge is -2.16. The Bertz CT molecular complexity index is 749. The monoisotopic (exact) mass is 336 g/mol. The van der Waals surface area contributed by atoms with Gasteiger partial charge in [0.15, 0.2) is 0 Å². The third kappa shape index (κ3) is 3.03. The fraction of sp³-hybridized carbons (Fsp3) is 0.500. The number of amides is 2. The SMILES string of the molecule is CN1C(=O)c2ccc(S(=O)(=O)NC3CCCCCC3)cc2C1=O. The van der Waals surface area contributed by atoms with Gasteiger partial charge in [-0.2, -0.15) is 0 Å². The molecule has 1 aromatic carbocycles. The van der Waals surface area contributed by atoms with E-state index >= 15 is 0 Å². The van der Waals surface area contributed by atoms with Gasteiger partial charge in [-0.3, -0.25) is 14.5 Å². The molecule has 1 aromatic rings. The molecule has 0 unspecified atom stereocenters. The van der Waals surface area contributed by atoms with E-state index in [-0.39, 0.29) is 22.1 Å². The van der Waals surface area contributed by atoms with Crippen molar-refractivity contribution in [1.82, 2.24) is 9.62 Å². The van der Waals surface area contributed by atoms with Crippen molar-refractivity contribution in [3.8, 4) is 0 Å². The van der Waals surface area contributed by atoms with E-state index in [1.54, 1.807) is 0 Å². The van der Waals surface area contributed by atoms with Crippen LogP contribution in [0.1, 0.15) is 59.2 Å². The number of fused-ring (bicyclic) bond motifs is 1. The molecule has 0 atom stereocenters. The van der Waals surface area contributed by atoms with Gasteiger partial charge in [0.05, 0.1) is 16.0 Å². The quantitative estimate of drug-likeness (QED) is 0.675. The van der Waals surface area contributed by atoms with Crippen LogP contribution >= 0.6 is 0 Å². The summed E-state index contributed by atoms with van der Waals surface area (Å²) in [5, 5.41) is 0.